The van der Waals surface area contributed by atoms with Crippen LogP contribution in [0.5, 0.6) is 0 Å². The molecule has 5 aromatic rings. The maximum Gasteiger partial charge on any atom is 0.211 e. The van der Waals surface area contributed by atoms with Crippen molar-refractivity contribution in [1.82, 2.24) is 14.8 Å². The van der Waals surface area contributed by atoms with Gasteiger partial charge in [0.05, 0.1) is 17.1 Å². The van der Waals surface area contributed by atoms with E-state index in [0.29, 0.717) is 0 Å². The summed E-state index contributed by atoms with van der Waals surface area (Å²) in [4.78, 5) is 6.26. The molecule has 0 fully saturated rings. The summed E-state index contributed by atoms with van der Waals surface area (Å²) in [7, 11) is 0. The largest absolute Gasteiger partial charge is 0.218 e. The van der Waals surface area contributed by atoms with Crippen molar-refractivity contribution in [3.05, 3.63) is 99.4 Å². The number of aryl methyl sites for hydroxylation is 5. The second-order valence-electron chi connectivity index (χ2n) is 9.10. The molecule has 3 nitrogen and oxygen atoms in total. The van der Waals surface area contributed by atoms with Crippen LogP contribution in [0.15, 0.2) is 66.7 Å². The zero-order chi connectivity index (χ0) is 24.0. The van der Waals surface area contributed by atoms with Crippen LogP contribution in [0.1, 0.15) is 32.7 Å². The molecule has 0 aliphatic rings. The number of hydrogen-bond acceptors (Lipinski definition) is 3. The lowest BCUT2D eigenvalue weighted by atomic mass is 9.98. The molecule has 0 amide bonds. The third-order valence-corrected chi connectivity index (χ3v) is 7.64. The average molecular weight is 464 g/mol. The Kier molecular flexibility index (Phi) is 5.70. The van der Waals surface area contributed by atoms with Gasteiger partial charge in [0, 0.05) is 27.1 Å². The maximum absolute atomic E-state index is 5.16. The van der Waals surface area contributed by atoms with Gasteiger partial charge in [-0.3, -0.25) is 0 Å². The lowest BCUT2D eigenvalue weighted by Crippen LogP contribution is -2.00. The summed E-state index contributed by atoms with van der Waals surface area (Å²) in [6, 6.07) is 23.6. The molecule has 0 bridgehead atoms. The normalized spacial score (nSPS) is 11.2. The second kappa shape index (κ2) is 8.69. The third kappa shape index (κ3) is 3.88. The Hall–Kier alpha value is -3.50. The monoisotopic (exact) mass is 463 g/mol. The molecular formula is C30H29N3S. The minimum Gasteiger partial charge on any atom is -0.218 e. The van der Waals surface area contributed by atoms with E-state index in [1.807, 2.05) is 10.7 Å². The van der Waals surface area contributed by atoms with Gasteiger partial charge < -0.3 is 0 Å². The van der Waals surface area contributed by atoms with Gasteiger partial charge >= 0.3 is 0 Å². The predicted octanol–water partition coefficient (Wildman–Crippen LogP) is 8.18. The molecule has 0 spiro atoms. The Morgan fingerprint density at radius 3 is 1.88 bits per heavy atom. The lowest BCUT2D eigenvalue weighted by Gasteiger charge is -2.09. The minimum atomic E-state index is 0.891. The van der Waals surface area contributed by atoms with E-state index in [2.05, 4.69) is 102 Å². The van der Waals surface area contributed by atoms with E-state index in [-0.39, 0.29) is 0 Å². The molecule has 170 valence electrons. The summed E-state index contributed by atoms with van der Waals surface area (Å²) in [6.07, 6.45) is 0. The van der Waals surface area contributed by atoms with E-state index in [4.69, 9.17) is 10.1 Å². The van der Waals surface area contributed by atoms with E-state index < -0.39 is 0 Å². The summed E-state index contributed by atoms with van der Waals surface area (Å²) in [5, 5.41) is 6.05. The first-order valence-corrected chi connectivity index (χ1v) is 12.4. The maximum atomic E-state index is 5.16. The van der Waals surface area contributed by atoms with Gasteiger partial charge in [0.25, 0.3) is 0 Å². The van der Waals surface area contributed by atoms with Crippen LogP contribution >= 0.6 is 11.3 Å². The summed E-state index contributed by atoms with van der Waals surface area (Å²) in [5.41, 5.74) is 12.9. The Bertz CT molecular complexity index is 1510. The molecule has 0 saturated heterocycles. The second-order valence-corrected chi connectivity index (χ2v) is 10.3. The van der Waals surface area contributed by atoms with Gasteiger partial charge in [-0.1, -0.05) is 65.9 Å². The molecule has 2 heterocycles. The fraction of sp³-hybridized carbons (Fsp3) is 0.200. The van der Waals surface area contributed by atoms with Crippen molar-refractivity contribution in [2.45, 2.75) is 41.5 Å². The molecule has 3 aromatic carbocycles. The van der Waals surface area contributed by atoms with Crippen LogP contribution in [-0.4, -0.2) is 14.8 Å². The van der Waals surface area contributed by atoms with E-state index in [9.17, 15) is 0 Å². The zero-order valence-electron chi connectivity index (χ0n) is 20.6. The summed E-state index contributed by atoms with van der Waals surface area (Å²) < 4.78 is 2.05. The van der Waals surface area contributed by atoms with Crippen LogP contribution in [0.4, 0.5) is 0 Å². The van der Waals surface area contributed by atoms with E-state index >= 15 is 0 Å². The number of thiazole rings is 1. The summed E-state index contributed by atoms with van der Waals surface area (Å²) >= 11 is 1.69. The van der Waals surface area contributed by atoms with Crippen LogP contribution < -0.4 is 0 Å². The van der Waals surface area contributed by atoms with Crippen molar-refractivity contribution in [1.29, 1.82) is 0 Å². The van der Waals surface area contributed by atoms with Gasteiger partial charge in [-0.25, -0.2) is 9.67 Å². The number of benzene rings is 3. The van der Waals surface area contributed by atoms with Gasteiger partial charge in [-0.15, -0.1) is 0 Å². The highest BCUT2D eigenvalue weighted by molar-refractivity contribution is 7.14. The van der Waals surface area contributed by atoms with Gasteiger partial charge in [0.2, 0.25) is 5.13 Å². The molecule has 0 atom stereocenters. The molecular weight excluding hydrogens is 434 g/mol. The number of hydrogen-bond donors (Lipinski definition) is 0. The molecule has 0 aliphatic carbocycles. The first kappa shape index (κ1) is 22.3. The van der Waals surface area contributed by atoms with Gasteiger partial charge in [-0.05, 0) is 75.9 Å². The number of nitrogens with zero attached hydrogens (tertiary/aromatic N) is 3. The highest BCUT2D eigenvalue weighted by Gasteiger charge is 2.22. The minimum absolute atomic E-state index is 0.891. The fourth-order valence-corrected chi connectivity index (χ4v) is 5.25. The molecule has 34 heavy (non-hydrogen) atoms. The number of aromatic nitrogens is 3. The Labute approximate surface area is 205 Å². The quantitative estimate of drug-likeness (QED) is 0.269. The van der Waals surface area contributed by atoms with Crippen molar-refractivity contribution in [2.75, 3.05) is 0 Å². The van der Waals surface area contributed by atoms with Crippen molar-refractivity contribution >= 4 is 11.3 Å². The SMILES string of the molecule is Cc1ccc(-c2nn(-c3nc(-c4ccccc4)c(C)s3)c(-c3ccc(C)c(C)c3)c2C)cc1C. The third-order valence-electron chi connectivity index (χ3n) is 6.70. The van der Waals surface area contributed by atoms with Crippen LogP contribution in [0.2, 0.25) is 0 Å². The van der Waals surface area contributed by atoms with Crippen molar-refractivity contribution < 1.29 is 0 Å². The van der Waals surface area contributed by atoms with Crippen LogP contribution in [0.3, 0.4) is 0 Å². The van der Waals surface area contributed by atoms with E-state index in [0.717, 1.165) is 38.9 Å². The molecule has 0 aliphatic heterocycles. The Morgan fingerprint density at radius 2 is 1.24 bits per heavy atom. The van der Waals surface area contributed by atoms with E-state index in [1.165, 1.54) is 32.7 Å². The first-order valence-electron chi connectivity index (χ1n) is 11.6. The van der Waals surface area contributed by atoms with Crippen LogP contribution in [-0.2, 0) is 0 Å². The van der Waals surface area contributed by atoms with Gasteiger partial charge in [-0.2, -0.15) is 5.10 Å². The van der Waals surface area contributed by atoms with E-state index in [1.54, 1.807) is 11.3 Å². The van der Waals surface area contributed by atoms with Crippen molar-refractivity contribution in [3.8, 4) is 38.9 Å². The topological polar surface area (TPSA) is 30.7 Å². The fourth-order valence-electron chi connectivity index (χ4n) is 4.36. The molecule has 4 heteroatoms. The summed E-state index contributed by atoms with van der Waals surface area (Å²) in [6.45, 7) is 12.9. The molecule has 2 aromatic heterocycles. The number of rotatable bonds is 4. The standard InChI is InChI=1S/C30H29N3S/c1-18-12-14-25(16-20(18)3)27-22(5)29(26-15-13-19(2)21(4)17-26)33(32-27)30-31-28(23(6)34-30)24-10-8-7-9-11-24/h7-17H,1-6H3. The van der Waals surface area contributed by atoms with Crippen LogP contribution in [0, 0.1) is 41.5 Å². The highest BCUT2D eigenvalue weighted by atomic mass is 32.1. The molecule has 5 rings (SSSR count). The Morgan fingerprint density at radius 1 is 0.618 bits per heavy atom. The lowest BCUT2D eigenvalue weighted by molar-refractivity contribution is 0.880. The predicted molar refractivity (Wildman–Crippen MR) is 144 cm³/mol. The van der Waals surface area contributed by atoms with Gasteiger partial charge in [0.1, 0.15) is 0 Å². The van der Waals surface area contributed by atoms with Gasteiger partial charge in [0.15, 0.2) is 0 Å². The van der Waals surface area contributed by atoms with Crippen LogP contribution in [0.25, 0.3) is 38.9 Å². The van der Waals surface area contributed by atoms with Crippen molar-refractivity contribution in [3.63, 3.8) is 0 Å². The molecule has 0 N–H and O–H groups in total. The molecule has 0 radical (unpaired) electrons. The Balaban J connectivity index is 1.74. The van der Waals surface area contributed by atoms with Crippen molar-refractivity contribution in [2.24, 2.45) is 0 Å². The first-order chi connectivity index (χ1) is 16.3. The smallest absolute Gasteiger partial charge is 0.211 e. The highest BCUT2D eigenvalue weighted by Crippen LogP contribution is 2.37. The average Bonchev–Trinajstić information content (AvgIpc) is 3.38. The molecule has 0 unspecified atom stereocenters. The molecule has 0 saturated carbocycles. The summed E-state index contributed by atoms with van der Waals surface area (Å²) in [5.74, 6) is 0. The zero-order valence-corrected chi connectivity index (χ0v) is 21.4.